The molecule has 1 fully saturated rings. The van der Waals surface area contributed by atoms with Crippen LogP contribution < -0.4 is 10.2 Å². The third kappa shape index (κ3) is 3.42. The van der Waals surface area contributed by atoms with Crippen LogP contribution in [0.25, 0.3) is 0 Å². The summed E-state index contributed by atoms with van der Waals surface area (Å²) in [5, 5.41) is 3.31. The third-order valence-corrected chi connectivity index (χ3v) is 3.59. The first-order valence-electron chi connectivity index (χ1n) is 6.77. The average molecular weight is 290 g/mol. The predicted molar refractivity (Wildman–Crippen MR) is 70.3 cm³/mol. The summed E-state index contributed by atoms with van der Waals surface area (Å²) in [6.07, 6.45) is -2.81. The minimum absolute atomic E-state index is 0.0435. The third-order valence-electron chi connectivity index (χ3n) is 3.59. The summed E-state index contributed by atoms with van der Waals surface area (Å²) in [6, 6.07) is 2.77. The van der Waals surface area contributed by atoms with Gasteiger partial charge in [-0.15, -0.1) is 0 Å². The molecule has 2 nitrogen and oxygen atoms in total. The summed E-state index contributed by atoms with van der Waals surface area (Å²) >= 11 is 0. The van der Waals surface area contributed by atoms with Crippen LogP contribution >= 0.6 is 0 Å². The van der Waals surface area contributed by atoms with E-state index in [1.165, 1.54) is 0 Å². The average Bonchev–Trinajstić information content (AvgIpc) is 2.63. The highest BCUT2D eigenvalue weighted by Crippen LogP contribution is 2.33. The smallest absolute Gasteiger partial charge is 0.368 e. The molecule has 0 saturated carbocycles. The molecule has 1 saturated heterocycles. The second-order valence-corrected chi connectivity index (χ2v) is 5.02. The van der Waals surface area contributed by atoms with E-state index >= 15 is 0 Å². The largest absolute Gasteiger partial charge is 0.416 e. The first kappa shape index (κ1) is 15.1. The van der Waals surface area contributed by atoms with E-state index in [2.05, 4.69) is 5.32 Å². The second kappa shape index (κ2) is 5.99. The number of nitrogens with one attached hydrogen (secondary N) is 1. The first-order chi connectivity index (χ1) is 9.41. The number of hydrogen-bond acceptors (Lipinski definition) is 2. The van der Waals surface area contributed by atoms with Gasteiger partial charge in [0.1, 0.15) is 5.82 Å². The van der Waals surface area contributed by atoms with Gasteiger partial charge in [0.05, 0.1) is 11.3 Å². The number of benzene rings is 1. The van der Waals surface area contributed by atoms with E-state index in [1.54, 1.807) is 4.90 Å². The molecule has 1 unspecified atom stereocenters. The lowest BCUT2D eigenvalue weighted by molar-refractivity contribution is -0.137. The van der Waals surface area contributed by atoms with E-state index < -0.39 is 17.6 Å². The molecule has 112 valence electrons. The molecule has 20 heavy (non-hydrogen) atoms. The molecule has 0 spiro atoms. The normalized spacial score (nSPS) is 20.9. The number of hydrogen-bond donors (Lipinski definition) is 1. The molecular weight excluding hydrogens is 272 g/mol. The van der Waals surface area contributed by atoms with Crippen LogP contribution in [-0.4, -0.2) is 25.7 Å². The molecule has 0 bridgehead atoms. The molecule has 0 radical (unpaired) electrons. The van der Waals surface area contributed by atoms with E-state index in [9.17, 15) is 17.6 Å². The van der Waals surface area contributed by atoms with Crippen molar-refractivity contribution in [3.8, 4) is 0 Å². The van der Waals surface area contributed by atoms with Crippen LogP contribution in [-0.2, 0) is 6.18 Å². The van der Waals surface area contributed by atoms with Gasteiger partial charge in [0.25, 0.3) is 0 Å². The number of alkyl halides is 3. The van der Waals surface area contributed by atoms with Crippen LogP contribution in [0, 0.1) is 5.82 Å². The van der Waals surface area contributed by atoms with Crippen LogP contribution in [0.3, 0.4) is 0 Å². The Bertz CT molecular complexity index is 459. The molecule has 6 heteroatoms. The van der Waals surface area contributed by atoms with Crippen molar-refractivity contribution in [2.45, 2.75) is 32.0 Å². The van der Waals surface area contributed by atoms with Gasteiger partial charge in [-0.1, -0.05) is 6.92 Å². The van der Waals surface area contributed by atoms with Gasteiger partial charge in [0, 0.05) is 19.1 Å². The molecule has 0 amide bonds. The lowest BCUT2D eigenvalue weighted by atomic mass is 10.1. The van der Waals surface area contributed by atoms with Gasteiger partial charge < -0.3 is 10.2 Å². The Morgan fingerprint density at radius 2 is 2.10 bits per heavy atom. The van der Waals surface area contributed by atoms with Crippen molar-refractivity contribution in [1.29, 1.82) is 0 Å². The lowest BCUT2D eigenvalue weighted by Gasteiger charge is -2.27. The maximum Gasteiger partial charge on any atom is 0.416 e. The lowest BCUT2D eigenvalue weighted by Crippen LogP contribution is -2.37. The highest BCUT2D eigenvalue weighted by molar-refractivity contribution is 5.51. The fraction of sp³-hybridized carbons (Fsp3) is 0.571. The number of nitrogens with zero attached hydrogens (tertiary/aromatic N) is 1. The molecule has 0 aromatic heterocycles. The monoisotopic (exact) mass is 290 g/mol. The van der Waals surface area contributed by atoms with E-state index in [1.807, 2.05) is 6.92 Å². The number of halogens is 4. The summed E-state index contributed by atoms with van der Waals surface area (Å²) in [5.74, 6) is -0.602. The summed E-state index contributed by atoms with van der Waals surface area (Å²) in [6.45, 7) is 3.88. The molecule has 1 N–H and O–H groups in total. The van der Waals surface area contributed by atoms with E-state index in [-0.39, 0.29) is 11.7 Å². The summed E-state index contributed by atoms with van der Waals surface area (Å²) in [5.41, 5.74) is -0.763. The van der Waals surface area contributed by atoms with E-state index in [0.717, 1.165) is 37.6 Å². The number of rotatable bonds is 2. The first-order valence-corrected chi connectivity index (χ1v) is 6.77. The van der Waals surface area contributed by atoms with Crippen LogP contribution in [0.1, 0.15) is 25.3 Å². The Labute approximate surface area is 115 Å². The minimum atomic E-state index is -4.45. The van der Waals surface area contributed by atoms with Crippen molar-refractivity contribution >= 4 is 5.69 Å². The molecule has 1 heterocycles. The molecule has 1 atom stereocenters. The van der Waals surface area contributed by atoms with Crippen LogP contribution in [0.5, 0.6) is 0 Å². The Morgan fingerprint density at radius 3 is 2.75 bits per heavy atom. The Kier molecular flexibility index (Phi) is 4.52. The van der Waals surface area contributed by atoms with Gasteiger partial charge in [-0.25, -0.2) is 4.39 Å². The van der Waals surface area contributed by atoms with E-state index in [0.29, 0.717) is 13.1 Å². The maximum absolute atomic E-state index is 13.9. The zero-order valence-electron chi connectivity index (χ0n) is 11.3. The van der Waals surface area contributed by atoms with Crippen molar-refractivity contribution in [1.82, 2.24) is 5.32 Å². The Balaban J connectivity index is 2.30. The highest BCUT2D eigenvalue weighted by atomic mass is 19.4. The SMILES string of the molecule is CCC1CN(c2cc(C(F)(F)F)ccc2F)CCCN1. The van der Waals surface area contributed by atoms with Gasteiger partial charge in [0.2, 0.25) is 0 Å². The fourth-order valence-electron chi connectivity index (χ4n) is 2.42. The Morgan fingerprint density at radius 1 is 1.35 bits per heavy atom. The molecule has 1 aromatic carbocycles. The maximum atomic E-state index is 13.9. The van der Waals surface area contributed by atoms with Gasteiger partial charge in [-0.05, 0) is 37.6 Å². The topological polar surface area (TPSA) is 15.3 Å². The zero-order valence-corrected chi connectivity index (χ0v) is 11.3. The van der Waals surface area contributed by atoms with Crippen molar-refractivity contribution in [2.24, 2.45) is 0 Å². The van der Waals surface area contributed by atoms with Crippen LogP contribution in [0.2, 0.25) is 0 Å². The van der Waals surface area contributed by atoms with Crippen molar-refractivity contribution in [3.05, 3.63) is 29.6 Å². The van der Waals surface area contributed by atoms with Crippen LogP contribution in [0.4, 0.5) is 23.2 Å². The highest BCUT2D eigenvalue weighted by Gasteiger charge is 2.32. The van der Waals surface area contributed by atoms with Gasteiger partial charge in [0.15, 0.2) is 0 Å². The van der Waals surface area contributed by atoms with Crippen molar-refractivity contribution in [2.75, 3.05) is 24.5 Å². The van der Waals surface area contributed by atoms with E-state index in [4.69, 9.17) is 0 Å². The van der Waals surface area contributed by atoms with Crippen LogP contribution in [0.15, 0.2) is 18.2 Å². The molecule has 1 aromatic rings. The Hall–Kier alpha value is -1.30. The van der Waals surface area contributed by atoms with Crippen molar-refractivity contribution < 1.29 is 17.6 Å². The molecule has 1 aliphatic heterocycles. The van der Waals surface area contributed by atoms with Gasteiger partial charge in [-0.3, -0.25) is 0 Å². The fourth-order valence-corrected chi connectivity index (χ4v) is 2.42. The molecular formula is C14H18F4N2. The standard InChI is InChI=1S/C14H18F4N2/c1-2-11-9-20(7-3-6-19-11)13-8-10(14(16,17)18)4-5-12(13)15/h4-5,8,11,19H,2-3,6-7,9H2,1H3. The minimum Gasteiger partial charge on any atom is -0.368 e. The van der Waals surface area contributed by atoms with Gasteiger partial charge >= 0.3 is 6.18 Å². The zero-order chi connectivity index (χ0) is 14.8. The molecule has 0 aliphatic carbocycles. The second-order valence-electron chi connectivity index (χ2n) is 5.02. The summed E-state index contributed by atoms with van der Waals surface area (Å²) in [7, 11) is 0. The van der Waals surface area contributed by atoms with Gasteiger partial charge in [-0.2, -0.15) is 13.2 Å². The molecule has 2 rings (SSSR count). The van der Waals surface area contributed by atoms with Crippen molar-refractivity contribution in [3.63, 3.8) is 0 Å². The number of anilines is 1. The quantitative estimate of drug-likeness (QED) is 0.840. The summed E-state index contributed by atoms with van der Waals surface area (Å²) in [4.78, 5) is 1.71. The molecule has 1 aliphatic rings. The predicted octanol–water partition coefficient (Wildman–Crippen LogP) is 3.42. The summed E-state index contributed by atoms with van der Waals surface area (Å²) < 4.78 is 52.1.